The lowest BCUT2D eigenvalue weighted by Gasteiger charge is -2.07. The Morgan fingerprint density at radius 3 is 2.42 bits per heavy atom. The van der Waals surface area contributed by atoms with Gasteiger partial charge in [0.05, 0.1) is 0 Å². The maximum absolute atomic E-state index is 6.26. The molecule has 3 heteroatoms. The third-order valence-corrected chi connectivity index (χ3v) is 3.54. The second-order valence-electron chi connectivity index (χ2n) is 5.04. The molecule has 0 aliphatic rings. The molecule has 1 aromatic carbocycles. The molecule has 0 bridgehead atoms. The van der Waals surface area contributed by atoms with E-state index in [1.54, 1.807) is 0 Å². The van der Waals surface area contributed by atoms with Gasteiger partial charge in [-0.05, 0) is 49.6 Å². The predicted molar refractivity (Wildman–Crippen MR) is 79.3 cm³/mol. The molecule has 0 fully saturated rings. The van der Waals surface area contributed by atoms with Gasteiger partial charge in [-0.1, -0.05) is 18.2 Å². The number of rotatable bonds is 1. The molecule has 3 nitrogen and oxygen atoms in total. The average Bonchev–Trinajstić information content (AvgIpc) is 2.66. The number of imidazole rings is 1. The Bertz CT molecular complexity index is 749. The third kappa shape index (κ3) is 1.78. The zero-order valence-corrected chi connectivity index (χ0v) is 11.4. The zero-order valence-electron chi connectivity index (χ0n) is 11.4. The van der Waals surface area contributed by atoms with Crippen LogP contribution in [0.25, 0.3) is 16.9 Å². The van der Waals surface area contributed by atoms with Gasteiger partial charge in [0, 0.05) is 11.8 Å². The summed E-state index contributed by atoms with van der Waals surface area (Å²) in [5.74, 6) is 0.701. The van der Waals surface area contributed by atoms with Crippen LogP contribution in [0.2, 0.25) is 0 Å². The number of hydrogen-bond acceptors (Lipinski definition) is 2. The Hall–Kier alpha value is -2.29. The van der Waals surface area contributed by atoms with Crippen LogP contribution in [0.1, 0.15) is 16.7 Å². The first-order valence-corrected chi connectivity index (χ1v) is 6.38. The Labute approximate surface area is 112 Å². The van der Waals surface area contributed by atoms with E-state index in [9.17, 15) is 0 Å². The van der Waals surface area contributed by atoms with E-state index in [0.29, 0.717) is 5.82 Å². The van der Waals surface area contributed by atoms with Crippen molar-refractivity contribution in [3.05, 3.63) is 53.2 Å². The van der Waals surface area contributed by atoms with Gasteiger partial charge in [0.25, 0.3) is 0 Å². The molecule has 2 aromatic heterocycles. The number of aromatic nitrogens is 2. The number of nitrogen functional groups attached to an aromatic ring is 1. The van der Waals surface area contributed by atoms with Gasteiger partial charge >= 0.3 is 0 Å². The van der Waals surface area contributed by atoms with E-state index in [1.807, 2.05) is 22.7 Å². The lowest BCUT2D eigenvalue weighted by atomic mass is 10.0. The first-order chi connectivity index (χ1) is 9.08. The van der Waals surface area contributed by atoms with Gasteiger partial charge in [-0.25, -0.2) is 4.98 Å². The monoisotopic (exact) mass is 251 g/mol. The largest absolute Gasteiger partial charge is 0.383 e. The molecule has 0 radical (unpaired) electrons. The highest BCUT2D eigenvalue weighted by Gasteiger charge is 2.14. The molecule has 0 spiro atoms. The van der Waals surface area contributed by atoms with Gasteiger partial charge in [0.2, 0.25) is 0 Å². The van der Waals surface area contributed by atoms with E-state index >= 15 is 0 Å². The Morgan fingerprint density at radius 1 is 1.05 bits per heavy atom. The van der Waals surface area contributed by atoms with Crippen LogP contribution in [0.15, 0.2) is 36.5 Å². The number of aryl methyl sites for hydroxylation is 3. The highest BCUT2D eigenvalue weighted by atomic mass is 15.1. The van der Waals surface area contributed by atoms with Crippen molar-refractivity contribution in [1.82, 2.24) is 9.38 Å². The van der Waals surface area contributed by atoms with E-state index in [2.05, 4.69) is 39.0 Å². The summed E-state index contributed by atoms with van der Waals surface area (Å²) in [6, 6.07) is 10.3. The smallest absolute Gasteiger partial charge is 0.139 e. The number of benzene rings is 1. The van der Waals surface area contributed by atoms with Gasteiger partial charge in [-0.15, -0.1) is 0 Å². The lowest BCUT2D eigenvalue weighted by Crippen LogP contribution is -1.96. The van der Waals surface area contributed by atoms with E-state index in [4.69, 9.17) is 10.7 Å². The maximum Gasteiger partial charge on any atom is 0.139 e. The van der Waals surface area contributed by atoms with Gasteiger partial charge in [0.1, 0.15) is 17.2 Å². The van der Waals surface area contributed by atoms with Crippen molar-refractivity contribution in [1.29, 1.82) is 0 Å². The number of fused-ring (bicyclic) bond motifs is 1. The first-order valence-electron chi connectivity index (χ1n) is 6.38. The molecule has 0 saturated heterocycles. The summed E-state index contributed by atoms with van der Waals surface area (Å²) < 4.78 is 1.94. The molecule has 19 heavy (non-hydrogen) atoms. The maximum atomic E-state index is 6.26. The number of pyridine rings is 1. The fourth-order valence-electron chi connectivity index (χ4n) is 2.54. The minimum absolute atomic E-state index is 0.701. The summed E-state index contributed by atoms with van der Waals surface area (Å²) in [4.78, 5) is 4.70. The van der Waals surface area contributed by atoms with Crippen LogP contribution in [0, 0.1) is 20.8 Å². The predicted octanol–water partition coefficient (Wildman–Crippen LogP) is 3.51. The highest BCUT2D eigenvalue weighted by Crippen LogP contribution is 2.31. The fraction of sp³-hybridized carbons (Fsp3) is 0.188. The van der Waals surface area contributed by atoms with Crippen molar-refractivity contribution in [2.75, 3.05) is 5.73 Å². The minimum Gasteiger partial charge on any atom is -0.383 e. The number of nitrogens with two attached hydrogens (primary N) is 1. The summed E-state index contributed by atoms with van der Waals surface area (Å²) in [6.07, 6.45) is 1.98. The van der Waals surface area contributed by atoms with E-state index in [1.165, 1.54) is 16.7 Å². The van der Waals surface area contributed by atoms with Crippen LogP contribution in [-0.2, 0) is 0 Å². The van der Waals surface area contributed by atoms with Crippen molar-refractivity contribution >= 4 is 11.5 Å². The molecule has 2 heterocycles. The van der Waals surface area contributed by atoms with Crippen LogP contribution in [-0.4, -0.2) is 9.38 Å². The molecular weight excluding hydrogens is 234 g/mol. The number of nitrogens with zero attached hydrogens (tertiary/aromatic N) is 2. The van der Waals surface area contributed by atoms with Crippen LogP contribution in [0.5, 0.6) is 0 Å². The molecule has 0 aliphatic carbocycles. The highest BCUT2D eigenvalue weighted by molar-refractivity contribution is 5.79. The molecule has 0 unspecified atom stereocenters. The molecule has 0 saturated carbocycles. The number of anilines is 1. The van der Waals surface area contributed by atoms with Crippen molar-refractivity contribution in [2.24, 2.45) is 0 Å². The molecule has 96 valence electrons. The summed E-state index contributed by atoms with van der Waals surface area (Å²) in [6.45, 7) is 6.25. The quantitative estimate of drug-likeness (QED) is 0.719. The van der Waals surface area contributed by atoms with Gasteiger partial charge in [0.15, 0.2) is 0 Å². The van der Waals surface area contributed by atoms with Crippen LogP contribution < -0.4 is 5.73 Å². The molecule has 2 N–H and O–H groups in total. The average molecular weight is 251 g/mol. The van der Waals surface area contributed by atoms with E-state index < -0.39 is 0 Å². The summed E-state index contributed by atoms with van der Waals surface area (Å²) in [5.41, 5.74) is 12.8. The van der Waals surface area contributed by atoms with Gasteiger partial charge in [-0.2, -0.15) is 0 Å². The Morgan fingerprint density at radius 2 is 1.74 bits per heavy atom. The van der Waals surface area contributed by atoms with Crippen molar-refractivity contribution in [3.8, 4) is 11.3 Å². The summed E-state index contributed by atoms with van der Waals surface area (Å²) >= 11 is 0. The molecule has 3 rings (SSSR count). The van der Waals surface area contributed by atoms with Crippen molar-refractivity contribution in [3.63, 3.8) is 0 Å². The van der Waals surface area contributed by atoms with Crippen LogP contribution in [0.3, 0.4) is 0 Å². The van der Waals surface area contributed by atoms with Gasteiger partial charge < -0.3 is 5.73 Å². The molecule has 0 aliphatic heterocycles. The standard InChI is InChI=1S/C16H17N3/c1-10-7-8-19-13(9-10)18-15(16(19)17)14-11(2)5-4-6-12(14)3/h4-9H,17H2,1-3H3. The minimum atomic E-state index is 0.701. The zero-order chi connectivity index (χ0) is 13.6. The summed E-state index contributed by atoms with van der Waals surface area (Å²) in [5, 5.41) is 0. The summed E-state index contributed by atoms with van der Waals surface area (Å²) in [7, 11) is 0. The first kappa shape index (κ1) is 11.8. The Balaban J connectivity index is 2.34. The topological polar surface area (TPSA) is 43.3 Å². The molecular formula is C16H17N3. The van der Waals surface area contributed by atoms with E-state index in [0.717, 1.165) is 16.9 Å². The molecule has 3 aromatic rings. The fourth-order valence-corrected chi connectivity index (χ4v) is 2.54. The third-order valence-electron chi connectivity index (χ3n) is 3.54. The van der Waals surface area contributed by atoms with Crippen LogP contribution in [0.4, 0.5) is 5.82 Å². The van der Waals surface area contributed by atoms with Crippen molar-refractivity contribution < 1.29 is 0 Å². The molecule has 0 amide bonds. The second-order valence-corrected chi connectivity index (χ2v) is 5.04. The lowest BCUT2D eigenvalue weighted by molar-refractivity contribution is 1.18. The van der Waals surface area contributed by atoms with E-state index in [-0.39, 0.29) is 0 Å². The second kappa shape index (κ2) is 4.12. The normalized spacial score (nSPS) is 11.1. The molecule has 0 atom stereocenters. The van der Waals surface area contributed by atoms with Gasteiger partial charge in [-0.3, -0.25) is 4.40 Å². The van der Waals surface area contributed by atoms with Crippen molar-refractivity contribution in [2.45, 2.75) is 20.8 Å². The SMILES string of the molecule is Cc1ccn2c(N)c(-c3c(C)cccc3C)nc2c1. The Kier molecular flexibility index (Phi) is 2.56. The number of hydrogen-bond donors (Lipinski definition) is 1. The van der Waals surface area contributed by atoms with Crippen LogP contribution >= 0.6 is 0 Å².